The molecule has 0 aliphatic carbocycles. The first-order valence-electron chi connectivity index (χ1n) is 9.02. The highest BCUT2D eigenvalue weighted by Crippen LogP contribution is 2.32. The van der Waals surface area contributed by atoms with Crippen LogP contribution in [0.25, 0.3) is 0 Å². The number of nitrogens with zero attached hydrogens (tertiary/aromatic N) is 3. The van der Waals surface area contributed by atoms with Crippen LogP contribution in [0.3, 0.4) is 0 Å². The third-order valence-electron chi connectivity index (χ3n) is 4.56. The van der Waals surface area contributed by atoms with Crippen molar-refractivity contribution in [2.75, 3.05) is 13.1 Å². The summed E-state index contributed by atoms with van der Waals surface area (Å²) in [7, 11) is 0. The van der Waals surface area contributed by atoms with Crippen LogP contribution >= 0.6 is 0 Å². The minimum atomic E-state index is -1.000. The highest BCUT2D eigenvalue weighted by atomic mass is 16.6. The van der Waals surface area contributed by atoms with E-state index in [9.17, 15) is 9.90 Å². The second-order valence-corrected chi connectivity index (χ2v) is 7.92. The zero-order valence-corrected chi connectivity index (χ0v) is 15.7. The molecule has 0 atom stereocenters. The van der Waals surface area contributed by atoms with Gasteiger partial charge in [0, 0.05) is 25.8 Å². The molecule has 0 radical (unpaired) electrons. The smallest absolute Gasteiger partial charge is 0.410 e. The van der Waals surface area contributed by atoms with Crippen LogP contribution in [0.2, 0.25) is 0 Å². The third kappa shape index (κ3) is 4.43. The predicted octanol–water partition coefficient (Wildman–Crippen LogP) is 3.15. The number of carbonyl (C=O) groups is 1. The van der Waals surface area contributed by atoms with Gasteiger partial charge in [-0.3, -0.25) is 0 Å². The van der Waals surface area contributed by atoms with Gasteiger partial charge in [-0.05, 0) is 39.2 Å². The lowest BCUT2D eigenvalue weighted by molar-refractivity contribution is -0.0379. The van der Waals surface area contributed by atoms with E-state index >= 15 is 0 Å². The number of ether oxygens (including phenoxy) is 1. The average Bonchev–Trinajstić information content (AvgIpc) is 3.04. The van der Waals surface area contributed by atoms with Crippen LogP contribution in [-0.4, -0.2) is 44.3 Å². The molecule has 1 aromatic carbocycles. The van der Waals surface area contributed by atoms with Gasteiger partial charge >= 0.3 is 6.09 Å². The van der Waals surface area contributed by atoms with Crippen molar-refractivity contribution < 1.29 is 14.6 Å². The fraction of sp³-hybridized carbons (Fsp3) is 0.500. The number of piperidine rings is 1. The molecule has 1 aliphatic rings. The largest absolute Gasteiger partial charge is 0.444 e. The van der Waals surface area contributed by atoms with Crippen molar-refractivity contribution >= 4 is 6.09 Å². The summed E-state index contributed by atoms with van der Waals surface area (Å²) in [6, 6.07) is 10.1. The van der Waals surface area contributed by atoms with E-state index in [-0.39, 0.29) is 6.09 Å². The zero-order valence-electron chi connectivity index (χ0n) is 15.7. The lowest BCUT2D eigenvalue weighted by Gasteiger charge is -2.37. The molecule has 1 N–H and O–H groups in total. The van der Waals surface area contributed by atoms with Crippen molar-refractivity contribution in [3.05, 3.63) is 54.1 Å². The van der Waals surface area contributed by atoms with Crippen LogP contribution in [0, 0.1) is 0 Å². The van der Waals surface area contributed by atoms with Crippen molar-refractivity contribution in [3.63, 3.8) is 0 Å². The molecule has 1 fully saturated rings. The third-order valence-corrected chi connectivity index (χ3v) is 4.56. The van der Waals surface area contributed by atoms with Gasteiger partial charge in [-0.2, -0.15) is 0 Å². The monoisotopic (exact) mass is 357 g/mol. The highest BCUT2D eigenvalue weighted by Gasteiger charge is 2.38. The molecule has 2 aromatic rings. The topological polar surface area (TPSA) is 67.6 Å². The lowest BCUT2D eigenvalue weighted by atomic mass is 9.89. The van der Waals surface area contributed by atoms with Gasteiger partial charge in [-0.25, -0.2) is 9.78 Å². The summed E-state index contributed by atoms with van der Waals surface area (Å²) in [5, 5.41) is 11.0. The fourth-order valence-electron chi connectivity index (χ4n) is 3.12. The van der Waals surface area contributed by atoms with Crippen LogP contribution in [-0.2, 0) is 16.9 Å². The first kappa shape index (κ1) is 18.5. The summed E-state index contributed by atoms with van der Waals surface area (Å²) in [5.41, 5.74) is 0.335. The molecule has 0 spiro atoms. The molecule has 6 heteroatoms. The summed E-state index contributed by atoms with van der Waals surface area (Å²) < 4.78 is 7.38. The molecular formula is C20H27N3O3. The summed E-state index contributed by atoms with van der Waals surface area (Å²) in [4.78, 5) is 18.2. The van der Waals surface area contributed by atoms with Gasteiger partial charge in [0.05, 0.1) is 12.0 Å². The molecule has 0 bridgehead atoms. The van der Waals surface area contributed by atoms with E-state index in [1.807, 2.05) is 49.7 Å². The van der Waals surface area contributed by atoms with Crippen LogP contribution in [0.15, 0.2) is 42.9 Å². The van der Waals surface area contributed by atoms with Gasteiger partial charge in [0.15, 0.2) is 0 Å². The van der Waals surface area contributed by atoms with Gasteiger partial charge in [0.1, 0.15) is 11.2 Å². The van der Waals surface area contributed by atoms with E-state index in [0.29, 0.717) is 38.2 Å². The quantitative estimate of drug-likeness (QED) is 0.916. The molecule has 1 saturated heterocycles. The number of rotatable bonds is 3. The zero-order chi connectivity index (χ0) is 18.8. The van der Waals surface area contributed by atoms with Crippen molar-refractivity contribution in [2.45, 2.75) is 51.4 Å². The van der Waals surface area contributed by atoms with Gasteiger partial charge in [0.25, 0.3) is 0 Å². The lowest BCUT2D eigenvalue weighted by Crippen LogP contribution is -2.47. The predicted molar refractivity (Wildman–Crippen MR) is 98.7 cm³/mol. The number of amides is 1. The Kier molecular flexibility index (Phi) is 5.05. The number of likely N-dealkylation sites (tertiary alicyclic amines) is 1. The second-order valence-electron chi connectivity index (χ2n) is 7.92. The van der Waals surface area contributed by atoms with Gasteiger partial charge in [-0.1, -0.05) is 30.3 Å². The molecule has 0 saturated carbocycles. The summed E-state index contributed by atoms with van der Waals surface area (Å²) in [6.07, 6.45) is 4.23. The Morgan fingerprint density at radius 2 is 1.88 bits per heavy atom. The van der Waals surface area contributed by atoms with Crippen molar-refractivity contribution in [1.82, 2.24) is 14.5 Å². The molecular weight excluding hydrogens is 330 g/mol. The minimum absolute atomic E-state index is 0.325. The molecule has 1 amide bonds. The van der Waals surface area contributed by atoms with E-state index in [1.54, 1.807) is 11.2 Å². The molecule has 6 nitrogen and oxygen atoms in total. The van der Waals surface area contributed by atoms with Crippen LogP contribution in [0.5, 0.6) is 0 Å². The second kappa shape index (κ2) is 7.11. The molecule has 3 rings (SSSR count). The van der Waals surface area contributed by atoms with E-state index in [1.165, 1.54) is 5.56 Å². The Morgan fingerprint density at radius 3 is 2.50 bits per heavy atom. The number of aromatic nitrogens is 2. The maximum absolute atomic E-state index is 12.2. The maximum atomic E-state index is 12.2. The van der Waals surface area contributed by atoms with Crippen LogP contribution in [0.1, 0.15) is 44.9 Å². The first-order chi connectivity index (χ1) is 12.3. The van der Waals surface area contributed by atoms with E-state index in [4.69, 9.17) is 4.74 Å². The maximum Gasteiger partial charge on any atom is 0.410 e. The van der Waals surface area contributed by atoms with Crippen LogP contribution < -0.4 is 0 Å². The SMILES string of the molecule is CC(C)(C)OC(=O)N1CCC(O)(c2cn(Cc3ccccc3)cn2)CC1. The average molecular weight is 357 g/mol. The molecule has 140 valence electrons. The standard InChI is InChI=1S/C20H27N3O3/c1-19(2,3)26-18(24)23-11-9-20(25,10-12-23)17-14-22(15-21-17)13-16-7-5-4-6-8-16/h4-8,14-15,25H,9-13H2,1-3H3. The Labute approximate surface area is 154 Å². The summed E-state index contributed by atoms with van der Waals surface area (Å²) in [6.45, 7) is 7.18. The number of imidazole rings is 1. The normalized spacial score (nSPS) is 17.2. The Morgan fingerprint density at radius 1 is 1.23 bits per heavy atom. The van der Waals surface area contributed by atoms with Crippen molar-refractivity contribution in [1.29, 1.82) is 0 Å². The van der Waals surface area contributed by atoms with Crippen LogP contribution in [0.4, 0.5) is 4.79 Å². The number of benzene rings is 1. The Hall–Kier alpha value is -2.34. The Balaban J connectivity index is 1.61. The van der Waals surface area contributed by atoms with Gasteiger partial charge in [-0.15, -0.1) is 0 Å². The Bertz CT molecular complexity index is 741. The molecule has 1 aromatic heterocycles. The number of aliphatic hydroxyl groups is 1. The molecule has 0 unspecified atom stereocenters. The number of hydrogen-bond acceptors (Lipinski definition) is 4. The minimum Gasteiger partial charge on any atom is -0.444 e. The molecule has 2 heterocycles. The van der Waals surface area contributed by atoms with E-state index in [0.717, 1.165) is 0 Å². The number of hydrogen-bond donors (Lipinski definition) is 1. The fourth-order valence-corrected chi connectivity index (χ4v) is 3.12. The van der Waals surface area contributed by atoms with Crippen molar-refractivity contribution in [2.24, 2.45) is 0 Å². The van der Waals surface area contributed by atoms with Gasteiger partial charge < -0.3 is 19.3 Å². The highest BCUT2D eigenvalue weighted by molar-refractivity contribution is 5.68. The number of carbonyl (C=O) groups excluding carboxylic acids is 1. The molecule has 1 aliphatic heterocycles. The van der Waals surface area contributed by atoms with Crippen molar-refractivity contribution in [3.8, 4) is 0 Å². The molecule has 26 heavy (non-hydrogen) atoms. The van der Waals surface area contributed by atoms with E-state index < -0.39 is 11.2 Å². The van der Waals surface area contributed by atoms with Gasteiger partial charge in [0.2, 0.25) is 0 Å². The summed E-state index contributed by atoms with van der Waals surface area (Å²) >= 11 is 0. The first-order valence-corrected chi connectivity index (χ1v) is 9.02. The van der Waals surface area contributed by atoms with E-state index in [2.05, 4.69) is 17.1 Å². The summed E-state index contributed by atoms with van der Waals surface area (Å²) in [5.74, 6) is 0.